The van der Waals surface area contributed by atoms with Gasteiger partial charge in [0.25, 0.3) is 0 Å². The van der Waals surface area contributed by atoms with Crippen LogP contribution in [-0.4, -0.2) is 14.5 Å². The summed E-state index contributed by atoms with van der Waals surface area (Å²) < 4.78 is 1.95. The van der Waals surface area contributed by atoms with Crippen LogP contribution < -0.4 is 5.56 Å². The van der Waals surface area contributed by atoms with Crippen LogP contribution in [0.4, 0.5) is 0 Å². The molecule has 19 heavy (non-hydrogen) atoms. The number of benzene rings is 1. The third-order valence-electron chi connectivity index (χ3n) is 3.10. The van der Waals surface area contributed by atoms with E-state index in [1.807, 2.05) is 48.0 Å². The summed E-state index contributed by atoms with van der Waals surface area (Å²) in [6, 6.07) is 11.5. The predicted octanol–water partition coefficient (Wildman–Crippen LogP) is 2.54. The molecule has 0 unspecified atom stereocenters. The van der Waals surface area contributed by atoms with E-state index in [9.17, 15) is 4.79 Å². The van der Waals surface area contributed by atoms with Crippen LogP contribution in [0.5, 0.6) is 0 Å². The maximum Gasteiger partial charge on any atom is 0.248 e. The number of hydrogen-bond acceptors (Lipinski definition) is 2. The lowest BCUT2D eigenvalue weighted by Crippen LogP contribution is -2.05. The van der Waals surface area contributed by atoms with Crippen molar-refractivity contribution in [2.75, 3.05) is 0 Å². The number of hydrogen-bond donors (Lipinski definition) is 1. The number of H-pyrrole nitrogens is 1. The van der Waals surface area contributed by atoms with Gasteiger partial charge < -0.3 is 9.55 Å². The van der Waals surface area contributed by atoms with Crippen LogP contribution in [0.25, 0.3) is 16.8 Å². The molecule has 0 amide bonds. The molecular formula is C15H13N3O. The number of pyridine rings is 1. The third-order valence-corrected chi connectivity index (χ3v) is 3.10. The minimum Gasteiger partial charge on any atom is -0.326 e. The number of rotatable bonds is 2. The van der Waals surface area contributed by atoms with Crippen LogP contribution in [0.1, 0.15) is 5.69 Å². The minimum absolute atomic E-state index is 0.0729. The van der Waals surface area contributed by atoms with Gasteiger partial charge in [0, 0.05) is 35.4 Å². The highest BCUT2D eigenvalue weighted by Crippen LogP contribution is 2.22. The fourth-order valence-electron chi connectivity index (χ4n) is 2.12. The van der Waals surface area contributed by atoms with Crippen LogP contribution in [-0.2, 0) is 0 Å². The van der Waals surface area contributed by atoms with E-state index < -0.39 is 0 Å². The van der Waals surface area contributed by atoms with Crippen LogP contribution in [0.2, 0.25) is 0 Å². The lowest BCUT2D eigenvalue weighted by Gasteiger charge is -2.07. The van der Waals surface area contributed by atoms with Gasteiger partial charge in [-0.2, -0.15) is 0 Å². The summed E-state index contributed by atoms with van der Waals surface area (Å²) in [4.78, 5) is 18.1. The Labute approximate surface area is 110 Å². The number of aromatic amines is 1. The molecule has 1 aromatic carbocycles. The normalized spacial score (nSPS) is 10.6. The monoisotopic (exact) mass is 251 g/mol. The zero-order chi connectivity index (χ0) is 13.2. The first-order valence-corrected chi connectivity index (χ1v) is 6.03. The lowest BCUT2D eigenvalue weighted by atomic mass is 10.0. The molecule has 1 N–H and O–H groups in total. The van der Waals surface area contributed by atoms with Gasteiger partial charge in [-0.05, 0) is 30.7 Å². The lowest BCUT2D eigenvalue weighted by molar-refractivity contribution is 1.06. The van der Waals surface area contributed by atoms with Gasteiger partial charge in [0.1, 0.15) is 0 Å². The number of aromatic nitrogens is 3. The molecule has 4 heteroatoms. The Morgan fingerprint density at radius 2 is 1.89 bits per heavy atom. The summed E-state index contributed by atoms with van der Waals surface area (Å²) in [6.07, 6.45) is 5.42. The second kappa shape index (κ2) is 4.57. The van der Waals surface area contributed by atoms with E-state index in [4.69, 9.17) is 0 Å². The SMILES string of the molecule is Cc1[nH]c(=O)ccc1-c1ccc(-n2ccnc2)cc1. The van der Waals surface area contributed by atoms with E-state index in [1.54, 1.807) is 18.6 Å². The number of nitrogens with zero attached hydrogens (tertiary/aromatic N) is 2. The molecule has 2 aromatic heterocycles. The quantitative estimate of drug-likeness (QED) is 0.761. The van der Waals surface area contributed by atoms with E-state index in [2.05, 4.69) is 9.97 Å². The molecule has 3 aromatic rings. The maximum atomic E-state index is 11.2. The molecule has 0 saturated heterocycles. The Morgan fingerprint density at radius 3 is 2.53 bits per heavy atom. The van der Waals surface area contributed by atoms with Gasteiger partial charge in [-0.1, -0.05) is 12.1 Å². The van der Waals surface area contributed by atoms with Crippen LogP contribution >= 0.6 is 0 Å². The molecule has 0 aliphatic carbocycles. The number of imidazole rings is 1. The molecule has 0 radical (unpaired) electrons. The average Bonchev–Trinajstić information content (AvgIpc) is 2.93. The van der Waals surface area contributed by atoms with Crippen LogP contribution in [0.15, 0.2) is 59.9 Å². The van der Waals surface area contributed by atoms with Crippen molar-refractivity contribution in [1.82, 2.24) is 14.5 Å². The fraction of sp³-hybridized carbons (Fsp3) is 0.0667. The zero-order valence-electron chi connectivity index (χ0n) is 10.5. The van der Waals surface area contributed by atoms with E-state index in [0.29, 0.717) is 0 Å². The first-order valence-electron chi connectivity index (χ1n) is 6.03. The molecule has 94 valence electrons. The van der Waals surface area contributed by atoms with Gasteiger partial charge in [-0.15, -0.1) is 0 Å². The Morgan fingerprint density at radius 1 is 1.11 bits per heavy atom. The standard InChI is InChI=1S/C15H13N3O/c1-11-14(6-7-15(19)17-11)12-2-4-13(5-3-12)18-9-8-16-10-18/h2-10H,1H3,(H,17,19). The highest BCUT2D eigenvalue weighted by atomic mass is 16.1. The largest absolute Gasteiger partial charge is 0.326 e. The minimum atomic E-state index is -0.0729. The molecule has 0 spiro atoms. The van der Waals surface area contributed by atoms with Crippen molar-refractivity contribution < 1.29 is 0 Å². The van der Waals surface area contributed by atoms with E-state index in [1.165, 1.54) is 0 Å². The van der Waals surface area contributed by atoms with Crippen molar-refractivity contribution in [3.63, 3.8) is 0 Å². The topological polar surface area (TPSA) is 50.7 Å². The molecule has 0 saturated carbocycles. The summed E-state index contributed by atoms with van der Waals surface area (Å²) in [5.74, 6) is 0. The molecule has 0 aliphatic heterocycles. The van der Waals surface area contributed by atoms with Crippen molar-refractivity contribution in [3.05, 3.63) is 71.2 Å². The molecule has 0 aliphatic rings. The summed E-state index contributed by atoms with van der Waals surface area (Å²) >= 11 is 0. The van der Waals surface area contributed by atoms with Crippen molar-refractivity contribution in [1.29, 1.82) is 0 Å². The van der Waals surface area contributed by atoms with Crippen molar-refractivity contribution in [2.24, 2.45) is 0 Å². The van der Waals surface area contributed by atoms with Gasteiger partial charge in [0.15, 0.2) is 0 Å². The highest BCUT2D eigenvalue weighted by Gasteiger charge is 2.03. The number of nitrogens with one attached hydrogen (secondary N) is 1. The van der Waals surface area contributed by atoms with Gasteiger partial charge in [0.2, 0.25) is 5.56 Å². The predicted molar refractivity (Wildman–Crippen MR) is 74.4 cm³/mol. The molecular weight excluding hydrogens is 238 g/mol. The molecule has 3 rings (SSSR count). The Balaban J connectivity index is 2.01. The summed E-state index contributed by atoms with van der Waals surface area (Å²) in [5.41, 5.74) is 3.98. The maximum absolute atomic E-state index is 11.2. The van der Waals surface area contributed by atoms with Crippen LogP contribution in [0, 0.1) is 6.92 Å². The van der Waals surface area contributed by atoms with Gasteiger partial charge in [-0.25, -0.2) is 4.98 Å². The van der Waals surface area contributed by atoms with E-state index in [-0.39, 0.29) is 5.56 Å². The first-order chi connectivity index (χ1) is 9.24. The summed E-state index contributed by atoms with van der Waals surface area (Å²) in [6.45, 7) is 1.90. The smallest absolute Gasteiger partial charge is 0.248 e. The second-order valence-electron chi connectivity index (χ2n) is 4.38. The number of aryl methyl sites for hydroxylation is 1. The summed E-state index contributed by atoms with van der Waals surface area (Å²) in [5, 5.41) is 0. The van der Waals surface area contributed by atoms with Crippen LogP contribution in [0.3, 0.4) is 0 Å². The van der Waals surface area contributed by atoms with E-state index >= 15 is 0 Å². The Bertz CT molecular complexity index is 740. The molecule has 0 fully saturated rings. The molecule has 2 heterocycles. The van der Waals surface area contributed by atoms with E-state index in [0.717, 1.165) is 22.5 Å². The molecule has 0 bridgehead atoms. The summed E-state index contributed by atoms with van der Waals surface area (Å²) in [7, 11) is 0. The van der Waals surface area contributed by atoms with Gasteiger partial charge in [-0.3, -0.25) is 4.79 Å². The zero-order valence-corrected chi connectivity index (χ0v) is 10.5. The van der Waals surface area contributed by atoms with Crippen molar-refractivity contribution in [3.8, 4) is 16.8 Å². The second-order valence-corrected chi connectivity index (χ2v) is 4.38. The highest BCUT2D eigenvalue weighted by molar-refractivity contribution is 5.66. The molecule has 0 atom stereocenters. The van der Waals surface area contributed by atoms with Gasteiger partial charge >= 0.3 is 0 Å². The fourth-order valence-corrected chi connectivity index (χ4v) is 2.12. The first kappa shape index (κ1) is 11.5. The third kappa shape index (κ3) is 2.20. The Hall–Kier alpha value is -2.62. The van der Waals surface area contributed by atoms with Crippen molar-refractivity contribution in [2.45, 2.75) is 6.92 Å². The van der Waals surface area contributed by atoms with Gasteiger partial charge in [0.05, 0.1) is 6.33 Å². The molecule has 4 nitrogen and oxygen atoms in total. The van der Waals surface area contributed by atoms with Crippen molar-refractivity contribution >= 4 is 0 Å². The average molecular weight is 251 g/mol. The Kier molecular flexibility index (Phi) is 2.76.